The Hall–Kier alpha value is -2.76. The second-order valence-corrected chi connectivity index (χ2v) is 9.03. The second-order valence-electron chi connectivity index (χ2n) is 6.15. The van der Waals surface area contributed by atoms with Gasteiger partial charge in [-0.1, -0.05) is 36.7 Å². The van der Waals surface area contributed by atoms with E-state index in [4.69, 9.17) is 16.3 Å². The Kier molecular flexibility index (Phi) is 6.77. The number of amides is 1. The van der Waals surface area contributed by atoms with E-state index in [1.165, 1.54) is 29.1 Å². The number of hydrogen-bond donors (Lipinski definition) is 1. The molecule has 3 aromatic rings. The summed E-state index contributed by atoms with van der Waals surface area (Å²) in [5.41, 5.74) is 1.45. The summed E-state index contributed by atoms with van der Waals surface area (Å²) in [6, 6.07) is 7.34. The van der Waals surface area contributed by atoms with Gasteiger partial charge in [0, 0.05) is 17.0 Å². The van der Waals surface area contributed by atoms with Crippen LogP contribution in [0.2, 0.25) is 5.02 Å². The first kappa shape index (κ1) is 22.9. The molecule has 1 atom stereocenters. The zero-order chi connectivity index (χ0) is 22.8. The third-order valence-electron chi connectivity index (χ3n) is 4.20. The third kappa shape index (κ3) is 4.63. The molecule has 0 aliphatic heterocycles. The van der Waals surface area contributed by atoms with E-state index in [9.17, 15) is 27.1 Å². The van der Waals surface area contributed by atoms with Gasteiger partial charge in [0.25, 0.3) is 10.0 Å². The Morgan fingerprint density at radius 3 is 2.58 bits per heavy atom. The van der Waals surface area contributed by atoms with Crippen molar-refractivity contribution in [3.05, 3.63) is 69.5 Å². The Morgan fingerprint density at radius 2 is 2.00 bits per heavy atom. The highest BCUT2D eigenvalue weighted by Crippen LogP contribution is 2.36. The van der Waals surface area contributed by atoms with Gasteiger partial charge < -0.3 is 9.84 Å². The predicted octanol–water partition coefficient (Wildman–Crippen LogP) is 5.48. The number of hydrogen-bond acceptors (Lipinski definition) is 6. The maximum absolute atomic E-state index is 14.8. The van der Waals surface area contributed by atoms with Gasteiger partial charge in [0.15, 0.2) is 5.82 Å². The van der Waals surface area contributed by atoms with Crippen LogP contribution in [0, 0.1) is 11.6 Å². The van der Waals surface area contributed by atoms with Gasteiger partial charge in [-0.15, -0.1) is 15.6 Å². The first-order valence-corrected chi connectivity index (χ1v) is 11.5. The molecule has 3 rings (SSSR count). The SMILES string of the molecule is CCC(Oc1cc(F)c(S(=O)(=O)N(C(=O)O)c2cscn2)cc1Cl)c1ccccc1F. The van der Waals surface area contributed by atoms with Gasteiger partial charge in [-0.05, 0) is 18.6 Å². The highest BCUT2D eigenvalue weighted by Gasteiger charge is 2.35. The summed E-state index contributed by atoms with van der Waals surface area (Å²) in [6.07, 6.45) is -2.37. The maximum Gasteiger partial charge on any atom is 0.427 e. The van der Waals surface area contributed by atoms with Gasteiger partial charge in [0.1, 0.15) is 28.4 Å². The molecular weight excluding hydrogens is 474 g/mol. The van der Waals surface area contributed by atoms with Crippen molar-refractivity contribution < 1.29 is 31.8 Å². The molecule has 0 aliphatic rings. The van der Waals surface area contributed by atoms with Gasteiger partial charge in [0.2, 0.25) is 0 Å². The van der Waals surface area contributed by atoms with Crippen molar-refractivity contribution in [3.63, 3.8) is 0 Å². The summed E-state index contributed by atoms with van der Waals surface area (Å²) in [6.45, 7) is 1.72. The van der Waals surface area contributed by atoms with Crippen molar-refractivity contribution in [3.8, 4) is 5.75 Å². The van der Waals surface area contributed by atoms with Crippen LogP contribution in [0.1, 0.15) is 25.0 Å². The number of rotatable bonds is 7. The molecule has 1 unspecified atom stereocenters. The molecule has 1 amide bonds. The van der Waals surface area contributed by atoms with E-state index in [1.807, 2.05) is 0 Å². The fourth-order valence-electron chi connectivity index (χ4n) is 2.78. The lowest BCUT2D eigenvalue weighted by Gasteiger charge is -2.21. The summed E-state index contributed by atoms with van der Waals surface area (Å²) in [4.78, 5) is 14.2. The summed E-state index contributed by atoms with van der Waals surface area (Å²) in [7, 11) is -4.88. The summed E-state index contributed by atoms with van der Waals surface area (Å²) in [5.74, 6) is -2.43. The molecule has 31 heavy (non-hydrogen) atoms. The molecule has 7 nitrogen and oxygen atoms in total. The number of sulfonamides is 1. The topological polar surface area (TPSA) is 96.8 Å². The molecule has 2 aromatic carbocycles. The van der Waals surface area contributed by atoms with E-state index in [1.54, 1.807) is 13.0 Å². The normalized spacial score (nSPS) is 12.4. The number of nitrogens with zero attached hydrogens (tertiary/aromatic N) is 2. The van der Waals surface area contributed by atoms with E-state index in [0.29, 0.717) is 6.42 Å². The van der Waals surface area contributed by atoms with Crippen LogP contribution in [0.15, 0.2) is 52.2 Å². The Balaban J connectivity index is 2.00. The van der Waals surface area contributed by atoms with Gasteiger partial charge in [0.05, 0.1) is 10.5 Å². The molecule has 0 radical (unpaired) electrons. The average molecular weight is 489 g/mol. The lowest BCUT2D eigenvalue weighted by atomic mass is 10.1. The van der Waals surface area contributed by atoms with Crippen LogP contribution in [0.3, 0.4) is 0 Å². The molecule has 0 fully saturated rings. The van der Waals surface area contributed by atoms with Crippen molar-refractivity contribution >= 4 is 44.9 Å². The number of ether oxygens (including phenoxy) is 1. The van der Waals surface area contributed by atoms with E-state index >= 15 is 0 Å². The lowest BCUT2D eigenvalue weighted by molar-refractivity contribution is 0.195. The van der Waals surface area contributed by atoms with Gasteiger partial charge >= 0.3 is 6.09 Å². The van der Waals surface area contributed by atoms with Crippen LogP contribution in [0.4, 0.5) is 19.4 Å². The zero-order valence-corrected chi connectivity index (χ0v) is 18.2. The minimum Gasteiger partial charge on any atom is -0.484 e. The largest absolute Gasteiger partial charge is 0.484 e. The standard InChI is InChI=1S/C19H15ClF2N2O5S2/c1-2-15(11-5-3-4-6-13(11)21)29-16-8-14(22)17(7-12(16)20)31(27,28)24(19(25)26)18-9-30-10-23-18/h3-10,15H,2H2,1H3,(H,25,26). The van der Waals surface area contributed by atoms with Crippen LogP contribution < -0.4 is 9.04 Å². The van der Waals surface area contributed by atoms with Crippen LogP contribution in [-0.2, 0) is 10.0 Å². The van der Waals surface area contributed by atoms with Crippen LogP contribution in [0.5, 0.6) is 5.75 Å². The van der Waals surface area contributed by atoms with Crippen molar-refractivity contribution in [1.82, 2.24) is 4.98 Å². The molecule has 1 aromatic heterocycles. The fourth-order valence-corrected chi connectivity index (χ4v) is 4.96. The van der Waals surface area contributed by atoms with Crippen LogP contribution in [0.25, 0.3) is 0 Å². The number of carboxylic acid groups (broad SMARTS) is 1. The molecule has 0 saturated carbocycles. The number of thiazole rings is 1. The Morgan fingerprint density at radius 1 is 1.29 bits per heavy atom. The molecule has 12 heteroatoms. The lowest BCUT2D eigenvalue weighted by Crippen LogP contribution is -2.36. The number of aromatic nitrogens is 1. The number of benzene rings is 2. The number of anilines is 1. The first-order valence-electron chi connectivity index (χ1n) is 8.73. The van der Waals surface area contributed by atoms with Crippen molar-refractivity contribution in [2.45, 2.75) is 24.3 Å². The van der Waals surface area contributed by atoms with Crippen LogP contribution >= 0.6 is 22.9 Å². The molecule has 0 saturated heterocycles. The molecule has 0 aliphatic carbocycles. The Labute approximate surface area is 185 Å². The van der Waals surface area contributed by atoms with Crippen molar-refractivity contribution in [2.75, 3.05) is 4.31 Å². The molecule has 164 valence electrons. The van der Waals surface area contributed by atoms with Crippen LogP contribution in [-0.4, -0.2) is 24.6 Å². The third-order valence-corrected chi connectivity index (χ3v) is 6.76. The molecule has 0 bridgehead atoms. The van der Waals surface area contributed by atoms with E-state index in [0.717, 1.165) is 23.5 Å². The number of halogens is 3. The smallest absolute Gasteiger partial charge is 0.427 e. The van der Waals surface area contributed by atoms with Gasteiger partial charge in [-0.25, -0.2) is 27.0 Å². The Bertz CT molecular complexity index is 1210. The van der Waals surface area contributed by atoms with Crippen molar-refractivity contribution in [2.24, 2.45) is 0 Å². The minimum atomic E-state index is -4.88. The average Bonchev–Trinajstić information content (AvgIpc) is 3.22. The monoisotopic (exact) mass is 488 g/mol. The second kappa shape index (κ2) is 9.16. The fraction of sp³-hybridized carbons (Fsp3) is 0.158. The molecule has 0 spiro atoms. The highest BCUT2D eigenvalue weighted by molar-refractivity contribution is 7.93. The van der Waals surface area contributed by atoms with E-state index in [-0.39, 0.29) is 20.6 Å². The zero-order valence-electron chi connectivity index (χ0n) is 15.8. The molecule has 1 N–H and O–H groups in total. The molecular formula is C19H15ClF2N2O5S2. The first-order chi connectivity index (χ1) is 14.7. The summed E-state index contributed by atoms with van der Waals surface area (Å²) in [5, 5.41) is 10.2. The quantitative estimate of drug-likeness (QED) is 0.473. The number of carbonyl (C=O) groups is 1. The van der Waals surface area contributed by atoms with E-state index < -0.39 is 44.6 Å². The maximum atomic E-state index is 14.8. The van der Waals surface area contributed by atoms with E-state index in [2.05, 4.69) is 4.98 Å². The minimum absolute atomic E-state index is 0.0486. The van der Waals surface area contributed by atoms with Gasteiger partial charge in [-0.2, -0.15) is 0 Å². The highest BCUT2D eigenvalue weighted by atomic mass is 35.5. The predicted molar refractivity (Wildman–Crippen MR) is 111 cm³/mol. The molecule has 1 heterocycles. The summed E-state index contributed by atoms with van der Waals surface area (Å²) >= 11 is 7.08. The van der Waals surface area contributed by atoms with Gasteiger partial charge in [-0.3, -0.25) is 0 Å². The summed E-state index contributed by atoms with van der Waals surface area (Å²) < 4.78 is 60.1. The van der Waals surface area contributed by atoms with Crippen molar-refractivity contribution in [1.29, 1.82) is 0 Å².